The standard InChI is InChI=1S/C23H32FN5O/c1-17(2)6-4-7-18(3)16-28-11-10-21-26-27-22(29(21)13-12-28)15-25-23(30)19-8-5-9-20(24)14-19/h5-6,8-9,14,18H,4,7,10-13,15-16H2,1-3H3,(H,25,30)/t18-/m1/s1. The quantitative estimate of drug-likeness (QED) is 0.672. The Balaban J connectivity index is 1.52. The van der Waals surface area contributed by atoms with Crippen LogP contribution in [0.2, 0.25) is 0 Å². The molecular weight excluding hydrogens is 381 g/mol. The minimum Gasteiger partial charge on any atom is -0.345 e. The van der Waals surface area contributed by atoms with Crippen LogP contribution in [0.4, 0.5) is 4.39 Å². The third-order valence-corrected chi connectivity index (χ3v) is 5.47. The van der Waals surface area contributed by atoms with E-state index in [1.54, 1.807) is 6.07 Å². The number of halogens is 1. The Kier molecular flexibility index (Phi) is 7.74. The van der Waals surface area contributed by atoms with E-state index in [4.69, 9.17) is 0 Å². The van der Waals surface area contributed by atoms with Crippen LogP contribution in [-0.4, -0.2) is 45.2 Å². The van der Waals surface area contributed by atoms with Crippen LogP contribution in [-0.2, 0) is 19.5 Å². The molecule has 1 aliphatic heterocycles. The van der Waals surface area contributed by atoms with E-state index in [2.05, 4.69) is 51.8 Å². The van der Waals surface area contributed by atoms with E-state index in [-0.39, 0.29) is 12.5 Å². The summed E-state index contributed by atoms with van der Waals surface area (Å²) in [5, 5.41) is 11.4. The largest absolute Gasteiger partial charge is 0.345 e. The molecule has 0 unspecified atom stereocenters. The molecule has 0 saturated heterocycles. The predicted octanol–water partition coefficient (Wildman–Crippen LogP) is 3.59. The van der Waals surface area contributed by atoms with Crippen molar-refractivity contribution in [1.29, 1.82) is 0 Å². The fraction of sp³-hybridized carbons (Fsp3) is 0.522. The zero-order valence-corrected chi connectivity index (χ0v) is 18.2. The predicted molar refractivity (Wildman–Crippen MR) is 116 cm³/mol. The number of fused-ring (bicyclic) bond motifs is 1. The number of amides is 1. The third kappa shape index (κ3) is 6.23. The smallest absolute Gasteiger partial charge is 0.251 e. The van der Waals surface area contributed by atoms with Crippen molar-refractivity contribution in [2.45, 2.75) is 53.1 Å². The van der Waals surface area contributed by atoms with Crippen LogP contribution in [0.1, 0.15) is 55.6 Å². The summed E-state index contributed by atoms with van der Waals surface area (Å²) >= 11 is 0. The third-order valence-electron chi connectivity index (χ3n) is 5.47. The van der Waals surface area contributed by atoms with Crippen molar-refractivity contribution in [3.05, 3.63) is 58.9 Å². The molecular formula is C23H32FN5O. The molecule has 1 N–H and O–H groups in total. The van der Waals surface area contributed by atoms with Crippen LogP contribution in [0, 0.1) is 11.7 Å². The van der Waals surface area contributed by atoms with Gasteiger partial charge in [-0.25, -0.2) is 4.39 Å². The Hall–Kier alpha value is -2.54. The van der Waals surface area contributed by atoms with Crippen LogP contribution < -0.4 is 5.32 Å². The lowest BCUT2D eigenvalue weighted by atomic mass is 10.0. The summed E-state index contributed by atoms with van der Waals surface area (Å²) in [6.45, 7) is 10.7. The van der Waals surface area contributed by atoms with Crippen LogP contribution in [0.15, 0.2) is 35.9 Å². The average molecular weight is 414 g/mol. The number of allylic oxidation sites excluding steroid dienone is 2. The zero-order chi connectivity index (χ0) is 21.5. The Morgan fingerprint density at radius 1 is 1.27 bits per heavy atom. The van der Waals surface area contributed by atoms with Gasteiger partial charge in [-0.3, -0.25) is 4.79 Å². The van der Waals surface area contributed by atoms with Crippen LogP contribution in [0.5, 0.6) is 0 Å². The molecule has 0 radical (unpaired) electrons. The van der Waals surface area contributed by atoms with E-state index >= 15 is 0 Å². The number of aromatic nitrogens is 3. The molecule has 0 bridgehead atoms. The van der Waals surface area contributed by atoms with Gasteiger partial charge in [0.15, 0.2) is 5.82 Å². The maximum Gasteiger partial charge on any atom is 0.251 e. The summed E-state index contributed by atoms with van der Waals surface area (Å²) in [7, 11) is 0. The van der Waals surface area contributed by atoms with Gasteiger partial charge in [0.25, 0.3) is 5.91 Å². The van der Waals surface area contributed by atoms with Gasteiger partial charge in [0.05, 0.1) is 6.54 Å². The highest BCUT2D eigenvalue weighted by Gasteiger charge is 2.20. The maximum absolute atomic E-state index is 13.3. The molecule has 1 aliphatic rings. The molecule has 1 aromatic heterocycles. The fourth-order valence-electron chi connectivity index (χ4n) is 3.82. The van der Waals surface area contributed by atoms with Gasteiger partial charge >= 0.3 is 0 Å². The number of nitrogens with one attached hydrogen (secondary N) is 1. The molecule has 3 rings (SSSR count). The molecule has 162 valence electrons. The van der Waals surface area contributed by atoms with Gasteiger partial charge in [-0.05, 0) is 50.8 Å². The van der Waals surface area contributed by atoms with E-state index in [0.29, 0.717) is 11.5 Å². The zero-order valence-electron chi connectivity index (χ0n) is 18.2. The second-order valence-electron chi connectivity index (χ2n) is 8.39. The van der Waals surface area contributed by atoms with Crippen LogP contribution >= 0.6 is 0 Å². The summed E-state index contributed by atoms with van der Waals surface area (Å²) < 4.78 is 15.4. The monoisotopic (exact) mass is 413 g/mol. The van der Waals surface area contributed by atoms with Gasteiger partial charge in [0.2, 0.25) is 0 Å². The van der Waals surface area contributed by atoms with Crippen LogP contribution in [0.25, 0.3) is 0 Å². The van der Waals surface area contributed by atoms with Gasteiger partial charge in [-0.15, -0.1) is 10.2 Å². The highest BCUT2D eigenvalue weighted by atomic mass is 19.1. The van der Waals surface area contributed by atoms with Gasteiger partial charge in [-0.2, -0.15) is 0 Å². The number of rotatable bonds is 8. The molecule has 1 atom stereocenters. The highest BCUT2D eigenvalue weighted by Crippen LogP contribution is 2.14. The van der Waals surface area contributed by atoms with Crippen molar-refractivity contribution >= 4 is 5.91 Å². The van der Waals surface area contributed by atoms with Crippen molar-refractivity contribution in [2.75, 3.05) is 19.6 Å². The van der Waals surface area contributed by atoms with Crippen molar-refractivity contribution in [3.8, 4) is 0 Å². The Labute approximate surface area is 178 Å². The highest BCUT2D eigenvalue weighted by molar-refractivity contribution is 5.94. The molecule has 0 saturated carbocycles. The summed E-state index contributed by atoms with van der Waals surface area (Å²) in [6, 6.07) is 5.68. The first kappa shape index (κ1) is 22.2. The average Bonchev–Trinajstić information content (AvgIpc) is 2.98. The first-order valence-corrected chi connectivity index (χ1v) is 10.7. The van der Waals surface area contributed by atoms with Crippen molar-refractivity contribution in [1.82, 2.24) is 25.0 Å². The molecule has 0 spiro atoms. The Morgan fingerprint density at radius 2 is 2.10 bits per heavy atom. The van der Waals surface area contributed by atoms with E-state index in [0.717, 1.165) is 50.7 Å². The lowest BCUT2D eigenvalue weighted by molar-refractivity contribution is 0.0949. The van der Waals surface area contributed by atoms with Gasteiger partial charge in [0.1, 0.15) is 11.6 Å². The summed E-state index contributed by atoms with van der Waals surface area (Å²) in [5.41, 5.74) is 1.69. The molecule has 30 heavy (non-hydrogen) atoms. The van der Waals surface area contributed by atoms with Gasteiger partial charge < -0.3 is 14.8 Å². The second kappa shape index (κ2) is 10.5. The molecule has 2 heterocycles. The van der Waals surface area contributed by atoms with Crippen molar-refractivity contribution < 1.29 is 9.18 Å². The summed E-state index contributed by atoms with van der Waals surface area (Å²) in [5.74, 6) is 1.62. The van der Waals surface area contributed by atoms with Crippen molar-refractivity contribution in [2.24, 2.45) is 5.92 Å². The maximum atomic E-state index is 13.3. The van der Waals surface area contributed by atoms with E-state index < -0.39 is 5.82 Å². The fourth-order valence-corrected chi connectivity index (χ4v) is 3.82. The number of hydrogen-bond acceptors (Lipinski definition) is 4. The first-order valence-electron chi connectivity index (χ1n) is 10.7. The lowest BCUT2D eigenvalue weighted by Crippen LogP contribution is -2.32. The van der Waals surface area contributed by atoms with Crippen molar-refractivity contribution in [3.63, 3.8) is 0 Å². The second-order valence-corrected chi connectivity index (χ2v) is 8.39. The minimum absolute atomic E-state index is 0.279. The SMILES string of the molecule is CC(C)=CCC[C@@H](C)CN1CCc2nnc(CNC(=O)c3cccc(F)c3)n2CC1. The topological polar surface area (TPSA) is 63.1 Å². The van der Waals surface area contributed by atoms with Gasteiger partial charge in [0, 0.05) is 38.2 Å². The first-order chi connectivity index (χ1) is 14.4. The molecule has 0 fully saturated rings. The number of carbonyl (C=O) groups is 1. The van der Waals surface area contributed by atoms with Crippen LogP contribution in [0.3, 0.4) is 0 Å². The van der Waals surface area contributed by atoms with E-state index in [1.807, 2.05) is 0 Å². The van der Waals surface area contributed by atoms with E-state index in [1.165, 1.54) is 30.2 Å². The Morgan fingerprint density at radius 3 is 2.87 bits per heavy atom. The van der Waals surface area contributed by atoms with Gasteiger partial charge in [-0.1, -0.05) is 24.6 Å². The number of hydrogen-bond donors (Lipinski definition) is 1. The molecule has 2 aromatic rings. The number of carbonyl (C=O) groups excluding carboxylic acids is 1. The molecule has 6 nitrogen and oxygen atoms in total. The van der Waals surface area contributed by atoms with E-state index in [9.17, 15) is 9.18 Å². The molecule has 0 aliphatic carbocycles. The number of benzene rings is 1. The molecule has 1 aromatic carbocycles. The summed E-state index contributed by atoms with van der Waals surface area (Å²) in [6.07, 6.45) is 5.50. The lowest BCUT2D eigenvalue weighted by Gasteiger charge is -2.23. The molecule has 1 amide bonds. The molecule has 7 heteroatoms. The number of nitrogens with zero attached hydrogens (tertiary/aromatic N) is 4. The Bertz CT molecular complexity index is 887. The summed E-state index contributed by atoms with van der Waals surface area (Å²) in [4.78, 5) is 14.8. The normalized spacial score (nSPS) is 15.2. The minimum atomic E-state index is -0.422.